The fourth-order valence-corrected chi connectivity index (χ4v) is 7.17. The van der Waals surface area contributed by atoms with Crippen molar-refractivity contribution in [1.29, 1.82) is 0 Å². The van der Waals surface area contributed by atoms with Crippen LogP contribution in [0.3, 0.4) is 0 Å². The summed E-state index contributed by atoms with van der Waals surface area (Å²) in [6.45, 7) is 0. The Morgan fingerprint density at radius 1 is 0.314 bits per heavy atom. The van der Waals surface area contributed by atoms with E-state index in [1.807, 2.05) is 115 Å². The molecule has 10 aromatic rings. The molecule has 238 valence electrons. The second-order valence-electron chi connectivity index (χ2n) is 12.2. The fraction of sp³-hybridized carbons (Fsp3) is 0. The highest BCUT2D eigenvalue weighted by atomic mass is 16.3. The first-order valence-electron chi connectivity index (χ1n) is 22.9. The Hall–Kier alpha value is -6.70. The number of para-hydroxylation sites is 1. The molecule has 1 heteroatoms. The molecule has 0 aliphatic rings. The van der Waals surface area contributed by atoms with Crippen LogP contribution in [0, 0.1) is 0 Å². The number of hydrogen-bond acceptors (Lipinski definition) is 1. The topological polar surface area (TPSA) is 13.1 Å². The van der Waals surface area contributed by atoms with Crippen molar-refractivity contribution in [3.63, 3.8) is 0 Å². The summed E-state index contributed by atoms with van der Waals surface area (Å²) in [5.74, 6) is 0. The number of benzene rings is 9. The van der Waals surface area contributed by atoms with Crippen LogP contribution in [-0.4, -0.2) is 0 Å². The SMILES string of the molecule is [2H]c1c([2H])c([2H])c(-c2c3c([2H])c([2H])c([2H])c([2H])c3c(-c3c(-c4ccccc4)cc(-c4ccc5oc6ccccc6c5c4)cc3-c3ccccc3)c3c([2H])c([2H])c([2H])c([2H])c23)c([2H])c1[2H]. The Balaban J connectivity index is 1.49. The van der Waals surface area contributed by atoms with E-state index in [0.29, 0.717) is 33.4 Å². The van der Waals surface area contributed by atoms with E-state index in [1.54, 1.807) is 0 Å². The molecule has 0 bridgehead atoms. The van der Waals surface area contributed by atoms with Crippen LogP contribution in [0.25, 0.3) is 99.1 Å². The Morgan fingerprint density at radius 2 is 0.824 bits per heavy atom. The van der Waals surface area contributed by atoms with E-state index in [-0.39, 0.29) is 32.7 Å². The minimum absolute atomic E-state index is 0.0562. The van der Waals surface area contributed by atoms with Gasteiger partial charge in [-0.05, 0) is 108 Å². The highest BCUT2D eigenvalue weighted by Crippen LogP contribution is 2.50. The lowest BCUT2D eigenvalue weighted by molar-refractivity contribution is 0.669. The van der Waals surface area contributed by atoms with Crippen LogP contribution in [0.5, 0.6) is 0 Å². The normalized spacial score (nSPS) is 15.1. The molecule has 0 aliphatic heterocycles. The standard InChI is InChI=1S/C50H32O/c1-4-16-33(17-5-1)43-31-37(36-28-29-47-45(30-36)38-22-14-15-27-46(38)51-47)32-44(34-18-6-2-7-19-34)50(43)49-41-25-12-10-23-39(41)48(35-20-8-3-9-21-35)40-24-11-13-26-42(40)49/h1-32H/i3D,8D,9D,10D,11D,12D,13D,20D,21D,23D,24D,25D,26D. The third-order valence-corrected chi connectivity index (χ3v) is 9.39. The van der Waals surface area contributed by atoms with E-state index in [9.17, 15) is 5.48 Å². The van der Waals surface area contributed by atoms with Crippen molar-refractivity contribution < 1.29 is 22.2 Å². The van der Waals surface area contributed by atoms with Crippen molar-refractivity contribution in [2.24, 2.45) is 0 Å². The van der Waals surface area contributed by atoms with Crippen LogP contribution < -0.4 is 0 Å². The summed E-state index contributed by atoms with van der Waals surface area (Å²) in [6, 6.07) is 27.8. The molecule has 0 aliphatic carbocycles. The van der Waals surface area contributed by atoms with Crippen LogP contribution in [0.1, 0.15) is 17.8 Å². The molecule has 0 N–H and O–H groups in total. The predicted octanol–water partition coefficient (Wildman–Crippen LogP) is 14.2. The van der Waals surface area contributed by atoms with Gasteiger partial charge >= 0.3 is 0 Å². The van der Waals surface area contributed by atoms with E-state index < -0.39 is 84.1 Å². The van der Waals surface area contributed by atoms with Crippen LogP contribution in [-0.2, 0) is 0 Å². The minimum Gasteiger partial charge on any atom is -0.456 e. The second kappa shape index (κ2) is 12.0. The molecular formula is C50H32O. The first kappa shape index (κ1) is 18.9. The van der Waals surface area contributed by atoms with Gasteiger partial charge in [-0.15, -0.1) is 0 Å². The maximum atomic E-state index is 9.66. The lowest BCUT2D eigenvalue weighted by atomic mass is 9.79. The summed E-state index contributed by atoms with van der Waals surface area (Å²) < 4.78 is 124. The van der Waals surface area contributed by atoms with Crippen LogP contribution >= 0.6 is 0 Å². The number of furan rings is 1. The zero-order chi connectivity index (χ0) is 45.0. The summed E-state index contributed by atoms with van der Waals surface area (Å²) in [6.07, 6.45) is 0. The van der Waals surface area contributed by atoms with E-state index in [4.69, 9.17) is 16.8 Å². The summed E-state index contributed by atoms with van der Waals surface area (Å²) >= 11 is 0. The first-order valence-corrected chi connectivity index (χ1v) is 16.4. The molecule has 0 atom stereocenters. The number of hydrogen-bond donors (Lipinski definition) is 0. The third kappa shape index (κ3) is 4.86. The van der Waals surface area contributed by atoms with E-state index in [2.05, 4.69) is 0 Å². The van der Waals surface area contributed by atoms with Crippen molar-refractivity contribution >= 4 is 43.5 Å². The zero-order valence-corrected chi connectivity index (χ0v) is 26.9. The summed E-state index contributed by atoms with van der Waals surface area (Å²) in [4.78, 5) is 0. The van der Waals surface area contributed by atoms with Crippen molar-refractivity contribution in [2.75, 3.05) is 0 Å². The molecule has 0 radical (unpaired) electrons. The summed E-state index contributed by atoms with van der Waals surface area (Å²) in [7, 11) is 0. The fourth-order valence-electron chi connectivity index (χ4n) is 7.17. The average molecular weight is 662 g/mol. The smallest absolute Gasteiger partial charge is 0.135 e. The van der Waals surface area contributed by atoms with Crippen LogP contribution in [0.4, 0.5) is 0 Å². The van der Waals surface area contributed by atoms with Gasteiger partial charge in [0.1, 0.15) is 11.2 Å². The quantitative estimate of drug-likeness (QED) is 0.167. The van der Waals surface area contributed by atoms with Gasteiger partial charge in [-0.1, -0.05) is 163 Å². The van der Waals surface area contributed by atoms with Gasteiger partial charge < -0.3 is 4.42 Å². The molecular weight excluding hydrogens is 617 g/mol. The van der Waals surface area contributed by atoms with Gasteiger partial charge in [0.2, 0.25) is 0 Å². The van der Waals surface area contributed by atoms with Gasteiger partial charge in [0.15, 0.2) is 0 Å². The molecule has 1 heterocycles. The second-order valence-corrected chi connectivity index (χ2v) is 12.2. The Labute approximate surface area is 315 Å². The molecule has 0 fully saturated rings. The molecule has 0 saturated carbocycles. The van der Waals surface area contributed by atoms with Crippen molar-refractivity contribution in [2.45, 2.75) is 0 Å². The molecule has 1 aromatic heterocycles. The Kier molecular flexibility index (Phi) is 4.45. The molecule has 0 saturated heterocycles. The summed E-state index contributed by atoms with van der Waals surface area (Å²) in [5.41, 5.74) is 5.17. The van der Waals surface area contributed by atoms with Crippen molar-refractivity contribution in [3.05, 3.63) is 194 Å². The van der Waals surface area contributed by atoms with E-state index in [1.165, 1.54) is 0 Å². The van der Waals surface area contributed by atoms with E-state index >= 15 is 0 Å². The van der Waals surface area contributed by atoms with Crippen molar-refractivity contribution in [1.82, 2.24) is 0 Å². The molecule has 9 aromatic carbocycles. The van der Waals surface area contributed by atoms with Gasteiger partial charge in [0.05, 0.1) is 17.8 Å². The van der Waals surface area contributed by atoms with Gasteiger partial charge in [0.25, 0.3) is 0 Å². The van der Waals surface area contributed by atoms with Gasteiger partial charge in [-0.3, -0.25) is 0 Å². The maximum absolute atomic E-state index is 9.66. The van der Waals surface area contributed by atoms with E-state index in [0.717, 1.165) is 27.5 Å². The largest absolute Gasteiger partial charge is 0.456 e. The van der Waals surface area contributed by atoms with Crippen LogP contribution in [0.15, 0.2) is 198 Å². The number of fused-ring (bicyclic) bond motifs is 5. The Morgan fingerprint density at radius 3 is 1.43 bits per heavy atom. The molecule has 0 amide bonds. The molecule has 0 spiro atoms. The average Bonchev–Trinajstić information content (AvgIpc) is 3.70. The van der Waals surface area contributed by atoms with Crippen LogP contribution in [0.2, 0.25) is 0 Å². The van der Waals surface area contributed by atoms with Gasteiger partial charge in [-0.25, -0.2) is 0 Å². The maximum Gasteiger partial charge on any atom is 0.135 e. The lowest BCUT2D eigenvalue weighted by Crippen LogP contribution is -1.96. The highest BCUT2D eigenvalue weighted by Gasteiger charge is 2.23. The molecule has 10 rings (SSSR count). The Bertz CT molecular complexity index is 3470. The third-order valence-electron chi connectivity index (χ3n) is 9.39. The number of rotatable bonds is 5. The predicted molar refractivity (Wildman–Crippen MR) is 216 cm³/mol. The first-order chi connectivity index (χ1) is 30.7. The molecule has 1 nitrogen and oxygen atoms in total. The van der Waals surface area contributed by atoms with Gasteiger partial charge in [0, 0.05) is 10.8 Å². The minimum atomic E-state index is -0.724. The monoisotopic (exact) mass is 661 g/mol. The molecule has 51 heavy (non-hydrogen) atoms. The summed E-state index contributed by atoms with van der Waals surface area (Å²) in [5, 5.41) is 0.986. The highest BCUT2D eigenvalue weighted by molar-refractivity contribution is 6.24. The lowest BCUT2D eigenvalue weighted by Gasteiger charge is -2.23. The van der Waals surface area contributed by atoms with Gasteiger partial charge in [-0.2, -0.15) is 0 Å². The van der Waals surface area contributed by atoms with Crippen molar-refractivity contribution in [3.8, 4) is 55.6 Å². The zero-order valence-electron chi connectivity index (χ0n) is 39.9. The molecule has 0 unspecified atom stereocenters.